The molecule has 0 saturated heterocycles. The molecule has 0 fully saturated rings. The zero-order valence-electron chi connectivity index (χ0n) is 15.4. The Morgan fingerprint density at radius 3 is 2.70 bits per heavy atom. The monoisotopic (exact) mass is 426 g/mol. The Morgan fingerprint density at radius 1 is 1.13 bits per heavy atom. The summed E-state index contributed by atoms with van der Waals surface area (Å²) in [5, 5.41) is 17.1. The lowest BCUT2D eigenvalue weighted by atomic mass is 10.2. The number of hydrogen-bond acceptors (Lipinski definition) is 7. The zero-order valence-corrected chi connectivity index (χ0v) is 16.2. The van der Waals surface area contributed by atoms with Gasteiger partial charge in [0.05, 0.1) is 25.2 Å². The fourth-order valence-corrected chi connectivity index (χ4v) is 2.84. The van der Waals surface area contributed by atoms with Gasteiger partial charge in [-0.2, -0.15) is 0 Å². The first-order valence-electron chi connectivity index (χ1n) is 8.87. The molecule has 4 rings (SSSR count). The van der Waals surface area contributed by atoms with Gasteiger partial charge in [-0.15, -0.1) is 5.10 Å². The van der Waals surface area contributed by atoms with Gasteiger partial charge in [0.1, 0.15) is 5.52 Å². The van der Waals surface area contributed by atoms with Gasteiger partial charge in [-0.05, 0) is 42.5 Å². The third kappa shape index (κ3) is 4.41. The Bertz CT molecular complexity index is 1220. The number of anilines is 2. The van der Waals surface area contributed by atoms with Gasteiger partial charge in [0.25, 0.3) is 6.01 Å². The van der Waals surface area contributed by atoms with Gasteiger partial charge in [-0.1, -0.05) is 16.4 Å². The van der Waals surface area contributed by atoms with Crippen molar-refractivity contribution in [2.24, 2.45) is 0 Å². The van der Waals surface area contributed by atoms with Crippen molar-refractivity contribution in [1.29, 1.82) is 0 Å². The third-order valence-corrected chi connectivity index (χ3v) is 4.40. The molecule has 0 saturated carbocycles. The average molecular weight is 427 g/mol. The zero-order chi connectivity index (χ0) is 21.1. The second-order valence-electron chi connectivity index (χ2n) is 6.31. The number of rotatable bonds is 7. The van der Waals surface area contributed by atoms with Crippen LogP contribution in [0.3, 0.4) is 0 Å². The van der Waals surface area contributed by atoms with Crippen LogP contribution in [0.25, 0.3) is 22.2 Å². The number of carbonyl (C=O) groups excluding carboxylic acids is 1. The largest absolute Gasteiger partial charge is 0.481 e. The highest BCUT2D eigenvalue weighted by atomic mass is 35.5. The summed E-state index contributed by atoms with van der Waals surface area (Å²) in [5.41, 5.74) is 2.10. The third-order valence-electron chi connectivity index (χ3n) is 4.15. The first-order chi connectivity index (χ1) is 14.5. The van der Waals surface area contributed by atoms with Crippen LogP contribution >= 0.6 is 11.6 Å². The van der Waals surface area contributed by atoms with Gasteiger partial charge in [0.15, 0.2) is 5.76 Å². The van der Waals surface area contributed by atoms with Crippen molar-refractivity contribution in [1.82, 2.24) is 14.9 Å². The van der Waals surface area contributed by atoms with Crippen LogP contribution in [0.5, 0.6) is 0 Å². The molecule has 4 aromatic rings. The van der Waals surface area contributed by atoms with E-state index in [0.717, 1.165) is 10.4 Å². The van der Waals surface area contributed by atoms with Crippen LogP contribution in [0.1, 0.15) is 12.8 Å². The maximum atomic E-state index is 11.7. The van der Waals surface area contributed by atoms with Crippen molar-refractivity contribution < 1.29 is 24.0 Å². The molecule has 0 bridgehead atoms. The maximum absolute atomic E-state index is 11.7. The van der Waals surface area contributed by atoms with Gasteiger partial charge >= 0.3 is 11.9 Å². The summed E-state index contributed by atoms with van der Waals surface area (Å²) in [6.07, 6.45) is 2.59. The molecule has 9 nitrogen and oxygen atoms in total. The van der Waals surface area contributed by atoms with E-state index in [1.165, 1.54) is 6.20 Å². The van der Waals surface area contributed by atoms with E-state index >= 15 is 0 Å². The van der Waals surface area contributed by atoms with Gasteiger partial charge in [0, 0.05) is 21.7 Å². The Labute approximate surface area is 174 Å². The fraction of sp³-hybridized carbons (Fsp3) is 0.100. The van der Waals surface area contributed by atoms with Crippen LogP contribution in [0.4, 0.5) is 11.7 Å². The Hall–Kier alpha value is -3.85. The average Bonchev–Trinajstić information content (AvgIpc) is 3.34. The molecule has 2 heterocycles. The van der Waals surface area contributed by atoms with Gasteiger partial charge in [0.2, 0.25) is 0 Å². The molecule has 0 atom stereocenters. The fourth-order valence-electron chi connectivity index (χ4n) is 2.71. The number of nitrogens with zero attached hydrogens (tertiary/aromatic N) is 3. The normalized spacial score (nSPS) is 10.8. The number of aliphatic carboxylic acids is 1. The van der Waals surface area contributed by atoms with E-state index in [-0.39, 0.29) is 12.8 Å². The predicted octanol–water partition coefficient (Wildman–Crippen LogP) is 3.91. The van der Waals surface area contributed by atoms with Gasteiger partial charge in [-0.25, -0.2) is 9.78 Å². The van der Waals surface area contributed by atoms with Crippen molar-refractivity contribution in [3.63, 3.8) is 0 Å². The number of benzene rings is 2. The van der Waals surface area contributed by atoms with E-state index in [2.05, 4.69) is 15.4 Å². The van der Waals surface area contributed by atoms with Crippen molar-refractivity contribution in [2.75, 3.05) is 5.32 Å². The number of fused-ring (bicyclic) bond motifs is 1. The molecule has 2 N–H and O–H groups in total. The Morgan fingerprint density at radius 2 is 1.93 bits per heavy atom. The van der Waals surface area contributed by atoms with E-state index in [1.54, 1.807) is 36.5 Å². The summed E-state index contributed by atoms with van der Waals surface area (Å²) in [7, 11) is 0. The number of hydrogen-bond donors (Lipinski definition) is 2. The number of carboxylic acid groups (broad SMARTS) is 1. The highest BCUT2D eigenvalue weighted by Gasteiger charge is 2.12. The van der Waals surface area contributed by atoms with Crippen molar-refractivity contribution >= 4 is 46.1 Å². The summed E-state index contributed by atoms with van der Waals surface area (Å²) in [6.45, 7) is 0. The SMILES string of the molecule is O=C(O)CCC(=O)On1ncc2cc(Nc3ncc(-c4ccc(Cl)cc4)o3)ccc21. The number of aromatic nitrogens is 3. The lowest BCUT2D eigenvalue weighted by Crippen LogP contribution is -2.21. The summed E-state index contributed by atoms with van der Waals surface area (Å²) in [6, 6.07) is 12.8. The minimum Gasteiger partial charge on any atom is -0.481 e. The standard InChI is InChI=1S/C20H15ClN4O5/c21-14-3-1-12(2-4-14)17-11-22-20(29-17)24-15-5-6-16-13(9-15)10-23-25(16)30-19(28)8-7-18(26)27/h1-6,9-11H,7-8H2,(H,22,24)(H,26,27). The van der Waals surface area contributed by atoms with Crippen LogP contribution in [-0.4, -0.2) is 32.0 Å². The molecule has 0 unspecified atom stereocenters. The number of oxazole rings is 1. The van der Waals surface area contributed by atoms with Crippen molar-refractivity contribution in [3.05, 3.63) is 59.9 Å². The van der Waals surface area contributed by atoms with Crippen LogP contribution < -0.4 is 10.2 Å². The highest BCUT2D eigenvalue weighted by molar-refractivity contribution is 6.30. The molecular formula is C20H15ClN4O5. The minimum atomic E-state index is -1.07. The molecule has 0 radical (unpaired) electrons. The van der Waals surface area contributed by atoms with Crippen LogP contribution in [0.15, 0.2) is 59.3 Å². The van der Waals surface area contributed by atoms with E-state index in [4.69, 9.17) is 26.0 Å². The molecule has 0 aliphatic carbocycles. The van der Waals surface area contributed by atoms with Gasteiger partial charge in [-0.3, -0.25) is 4.79 Å². The second kappa shape index (κ2) is 8.26. The first-order valence-corrected chi connectivity index (χ1v) is 9.25. The van der Waals surface area contributed by atoms with E-state index in [9.17, 15) is 9.59 Å². The Balaban J connectivity index is 1.46. The molecule has 0 amide bonds. The highest BCUT2D eigenvalue weighted by Crippen LogP contribution is 2.27. The summed E-state index contributed by atoms with van der Waals surface area (Å²) >= 11 is 5.90. The number of carbonyl (C=O) groups is 2. The molecular weight excluding hydrogens is 412 g/mol. The molecule has 0 spiro atoms. The predicted molar refractivity (Wildman–Crippen MR) is 108 cm³/mol. The van der Waals surface area contributed by atoms with E-state index < -0.39 is 11.9 Å². The molecule has 2 aromatic heterocycles. The quantitative estimate of drug-likeness (QED) is 0.456. The molecule has 10 heteroatoms. The number of nitrogens with one attached hydrogen (secondary N) is 1. The molecule has 2 aromatic carbocycles. The van der Waals surface area contributed by atoms with Crippen molar-refractivity contribution in [2.45, 2.75) is 12.8 Å². The van der Waals surface area contributed by atoms with Crippen LogP contribution in [0, 0.1) is 0 Å². The topological polar surface area (TPSA) is 119 Å². The maximum Gasteiger partial charge on any atom is 0.335 e. The van der Waals surface area contributed by atoms with E-state index in [0.29, 0.717) is 33.4 Å². The van der Waals surface area contributed by atoms with Gasteiger partial charge < -0.3 is 19.7 Å². The van der Waals surface area contributed by atoms with Crippen LogP contribution in [-0.2, 0) is 9.59 Å². The number of carboxylic acids is 1. The van der Waals surface area contributed by atoms with E-state index in [1.807, 2.05) is 12.1 Å². The second-order valence-corrected chi connectivity index (χ2v) is 6.75. The number of halogens is 1. The van der Waals surface area contributed by atoms with Crippen LogP contribution in [0.2, 0.25) is 5.02 Å². The minimum absolute atomic E-state index is 0.240. The molecule has 0 aliphatic heterocycles. The summed E-state index contributed by atoms with van der Waals surface area (Å²) in [4.78, 5) is 32.6. The molecule has 152 valence electrons. The summed E-state index contributed by atoms with van der Waals surface area (Å²) in [5.74, 6) is -1.16. The first kappa shape index (κ1) is 19.5. The Kier molecular flexibility index (Phi) is 5.36. The van der Waals surface area contributed by atoms with Crippen molar-refractivity contribution in [3.8, 4) is 11.3 Å². The lowest BCUT2D eigenvalue weighted by Gasteiger charge is -2.05. The molecule has 30 heavy (non-hydrogen) atoms. The lowest BCUT2D eigenvalue weighted by molar-refractivity contribution is -0.148. The molecule has 0 aliphatic rings. The summed E-state index contributed by atoms with van der Waals surface area (Å²) < 4.78 is 5.73. The smallest absolute Gasteiger partial charge is 0.335 e.